The zero-order chi connectivity index (χ0) is 13.4. The van der Waals surface area contributed by atoms with E-state index in [-0.39, 0.29) is 5.38 Å². The lowest BCUT2D eigenvalue weighted by atomic mass is 10.00. The van der Waals surface area contributed by atoms with Crippen molar-refractivity contribution in [3.8, 4) is 5.75 Å². The molecule has 1 aliphatic rings. The minimum atomic E-state index is -0.176. The number of ether oxygens (including phenoxy) is 1. The molecule has 0 aliphatic carbocycles. The minimum Gasteiger partial charge on any atom is -0.493 e. The molecule has 0 amide bonds. The molecule has 0 bridgehead atoms. The van der Waals surface area contributed by atoms with Gasteiger partial charge in [0.15, 0.2) is 0 Å². The van der Waals surface area contributed by atoms with Crippen molar-refractivity contribution in [1.82, 2.24) is 0 Å². The molecule has 0 aromatic heterocycles. The number of aryl methyl sites for hydroxylation is 1. The van der Waals surface area contributed by atoms with Crippen LogP contribution in [-0.2, 0) is 6.42 Å². The summed E-state index contributed by atoms with van der Waals surface area (Å²) in [5, 5.41) is -0.176. The second kappa shape index (κ2) is 5.18. The van der Waals surface area contributed by atoms with Crippen molar-refractivity contribution < 1.29 is 4.74 Å². The van der Waals surface area contributed by atoms with Crippen LogP contribution in [0.5, 0.6) is 5.75 Å². The molecule has 3 rings (SSSR count). The lowest BCUT2D eigenvalue weighted by Crippen LogP contribution is -1.97. The van der Waals surface area contributed by atoms with E-state index in [1.54, 1.807) is 0 Å². The summed E-state index contributed by atoms with van der Waals surface area (Å²) in [7, 11) is 0. The molecular formula is C16H14BrClO. The Labute approximate surface area is 126 Å². The molecule has 0 fully saturated rings. The summed E-state index contributed by atoms with van der Waals surface area (Å²) in [4.78, 5) is 0. The number of halogens is 2. The van der Waals surface area contributed by atoms with E-state index >= 15 is 0 Å². The highest BCUT2D eigenvalue weighted by Crippen LogP contribution is 2.41. The van der Waals surface area contributed by atoms with Crippen LogP contribution in [0.3, 0.4) is 0 Å². The van der Waals surface area contributed by atoms with E-state index in [9.17, 15) is 0 Å². The van der Waals surface area contributed by atoms with Gasteiger partial charge in [0, 0.05) is 16.5 Å². The lowest BCUT2D eigenvalue weighted by Gasteiger charge is -2.15. The van der Waals surface area contributed by atoms with E-state index in [1.165, 1.54) is 11.1 Å². The Bertz CT molecular complexity index is 607. The summed E-state index contributed by atoms with van der Waals surface area (Å²) in [5.41, 5.74) is 4.63. The molecule has 19 heavy (non-hydrogen) atoms. The molecule has 1 atom stereocenters. The van der Waals surface area contributed by atoms with Gasteiger partial charge >= 0.3 is 0 Å². The van der Waals surface area contributed by atoms with Crippen molar-refractivity contribution in [3.63, 3.8) is 0 Å². The predicted molar refractivity (Wildman–Crippen MR) is 82.2 cm³/mol. The summed E-state index contributed by atoms with van der Waals surface area (Å²) in [6.07, 6.45) is 0.958. The third kappa shape index (κ3) is 2.52. The van der Waals surface area contributed by atoms with Crippen molar-refractivity contribution in [3.05, 3.63) is 63.1 Å². The van der Waals surface area contributed by atoms with Gasteiger partial charge in [0.05, 0.1) is 12.0 Å². The van der Waals surface area contributed by atoms with Crippen LogP contribution >= 0.6 is 27.5 Å². The third-order valence-corrected chi connectivity index (χ3v) is 4.37. The van der Waals surface area contributed by atoms with Crippen LogP contribution in [-0.4, -0.2) is 6.61 Å². The number of rotatable bonds is 2. The van der Waals surface area contributed by atoms with Gasteiger partial charge in [0.25, 0.3) is 0 Å². The van der Waals surface area contributed by atoms with Crippen molar-refractivity contribution >= 4 is 27.5 Å². The maximum atomic E-state index is 6.64. The van der Waals surface area contributed by atoms with E-state index in [4.69, 9.17) is 16.3 Å². The SMILES string of the molecule is Cc1ccc(C(Cl)c2cc(Br)cc3c2OCC3)cc1. The highest BCUT2D eigenvalue weighted by atomic mass is 79.9. The number of benzene rings is 2. The van der Waals surface area contributed by atoms with Gasteiger partial charge < -0.3 is 4.74 Å². The highest BCUT2D eigenvalue weighted by Gasteiger charge is 2.23. The van der Waals surface area contributed by atoms with E-state index in [1.807, 2.05) is 0 Å². The topological polar surface area (TPSA) is 9.23 Å². The second-order valence-corrected chi connectivity index (χ2v) is 6.21. The largest absolute Gasteiger partial charge is 0.493 e. The zero-order valence-electron chi connectivity index (χ0n) is 10.6. The first-order valence-electron chi connectivity index (χ1n) is 6.31. The molecule has 0 saturated heterocycles. The van der Waals surface area contributed by atoms with Gasteiger partial charge in [-0.25, -0.2) is 0 Å². The predicted octanol–water partition coefficient (Wildman–Crippen LogP) is 5.02. The fourth-order valence-electron chi connectivity index (χ4n) is 2.40. The molecular weight excluding hydrogens is 324 g/mol. The maximum Gasteiger partial charge on any atom is 0.127 e. The fraction of sp³-hybridized carbons (Fsp3) is 0.250. The van der Waals surface area contributed by atoms with E-state index in [0.717, 1.165) is 34.4 Å². The van der Waals surface area contributed by atoms with Crippen LogP contribution in [0.2, 0.25) is 0 Å². The lowest BCUT2D eigenvalue weighted by molar-refractivity contribution is 0.353. The van der Waals surface area contributed by atoms with Gasteiger partial charge in [-0.1, -0.05) is 45.8 Å². The van der Waals surface area contributed by atoms with E-state index in [2.05, 4.69) is 59.3 Å². The summed E-state index contributed by atoms with van der Waals surface area (Å²) in [5.74, 6) is 0.962. The Morgan fingerprint density at radius 2 is 1.95 bits per heavy atom. The Hall–Kier alpha value is -0.990. The molecule has 2 aromatic carbocycles. The van der Waals surface area contributed by atoms with Crippen LogP contribution in [0.15, 0.2) is 40.9 Å². The smallest absolute Gasteiger partial charge is 0.127 e. The van der Waals surface area contributed by atoms with Crippen LogP contribution in [0.1, 0.15) is 27.6 Å². The molecule has 0 N–H and O–H groups in total. The Kier molecular flexibility index (Phi) is 3.55. The number of fused-ring (bicyclic) bond motifs is 1. The van der Waals surface area contributed by atoms with Gasteiger partial charge in [-0.2, -0.15) is 0 Å². The van der Waals surface area contributed by atoms with Crippen LogP contribution in [0.4, 0.5) is 0 Å². The van der Waals surface area contributed by atoms with E-state index < -0.39 is 0 Å². The molecule has 0 radical (unpaired) electrons. The molecule has 0 spiro atoms. The molecule has 1 aliphatic heterocycles. The normalized spacial score (nSPS) is 14.9. The molecule has 3 heteroatoms. The van der Waals surface area contributed by atoms with Crippen molar-refractivity contribution in [2.75, 3.05) is 6.61 Å². The number of hydrogen-bond donors (Lipinski definition) is 0. The first-order chi connectivity index (χ1) is 9.15. The molecule has 1 unspecified atom stereocenters. The van der Waals surface area contributed by atoms with Gasteiger partial charge in [-0.15, -0.1) is 11.6 Å². The number of alkyl halides is 1. The summed E-state index contributed by atoms with van der Waals surface area (Å²) in [6, 6.07) is 12.5. The van der Waals surface area contributed by atoms with E-state index in [0.29, 0.717) is 0 Å². The summed E-state index contributed by atoms with van der Waals surface area (Å²) in [6.45, 7) is 2.82. The maximum absolute atomic E-state index is 6.64. The summed E-state index contributed by atoms with van der Waals surface area (Å²) < 4.78 is 6.81. The van der Waals surface area contributed by atoms with Crippen molar-refractivity contribution in [2.24, 2.45) is 0 Å². The monoisotopic (exact) mass is 336 g/mol. The van der Waals surface area contributed by atoms with Crippen LogP contribution < -0.4 is 4.74 Å². The second-order valence-electron chi connectivity index (χ2n) is 4.85. The minimum absolute atomic E-state index is 0.176. The van der Waals surface area contributed by atoms with Crippen molar-refractivity contribution in [1.29, 1.82) is 0 Å². The quantitative estimate of drug-likeness (QED) is 0.699. The first-order valence-corrected chi connectivity index (χ1v) is 7.54. The highest BCUT2D eigenvalue weighted by molar-refractivity contribution is 9.10. The van der Waals surface area contributed by atoms with Gasteiger partial charge in [0.2, 0.25) is 0 Å². The average molecular weight is 338 g/mol. The van der Waals surface area contributed by atoms with Crippen LogP contribution in [0, 0.1) is 6.92 Å². The molecule has 0 saturated carbocycles. The fourth-order valence-corrected chi connectivity index (χ4v) is 3.23. The summed E-state index contributed by atoms with van der Waals surface area (Å²) >= 11 is 10.2. The Morgan fingerprint density at radius 3 is 2.68 bits per heavy atom. The standard InChI is InChI=1S/C16H14BrClO/c1-10-2-4-11(5-3-10)15(18)14-9-13(17)8-12-6-7-19-16(12)14/h2-5,8-9,15H,6-7H2,1H3. The van der Waals surface area contributed by atoms with Gasteiger partial charge in [0.1, 0.15) is 5.75 Å². The van der Waals surface area contributed by atoms with Gasteiger partial charge in [-0.3, -0.25) is 0 Å². The molecule has 98 valence electrons. The third-order valence-electron chi connectivity index (χ3n) is 3.42. The Morgan fingerprint density at radius 1 is 1.21 bits per heavy atom. The first kappa shape index (κ1) is 13.0. The van der Waals surface area contributed by atoms with Crippen molar-refractivity contribution in [2.45, 2.75) is 18.7 Å². The van der Waals surface area contributed by atoms with Crippen LogP contribution in [0.25, 0.3) is 0 Å². The molecule has 2 aromatic rings. The van der Waals surface area contributed by atoms with Gasteiger partial charge in [-0.05, 0) is 30.2 Å². The number of hydrogen-bond acceptors (Lipinski definition) is 1. The average Bonchev–Trinajstić information content (AvgIpc) is 2.85. The Balaban J connectivity index is 2.04. The zero-order valence-corrected chi connectivity index (χ0v) is 13.0. The molecule has 1 heterocycles. The molecule has 1 nitrogen and oxygen atoms in total.